The van der Waals surface area contributed by atoms with E-state index in [1.165, 1.54) is 0 Å². The topological polar surface area (TPSA) is 63.5 Å². The van der Waals surface area contributed by atoms with Gasteiger partial charge in [-0.25, -0.2) is 0 Å². The molecule has 3 rings (SSSR count). The van der Waals surface area contributed by atoms with Crippen LogP contribution in [0.2, 0.25) is 0 Å². The molecule has 7 heteroatoms. The average Bonchev–Trinajstić information content (AvgIpc) is 3.00. The third-order valence-corrected chi connectivity index (χ3v) is 4.11. The van der Waals surface area contributed by atoms with Gasteiger partial charge >= 0.3 is 0 Å². The first-order chi connectivity index (χ1) is 11.4. The monoisotopic (exact) mass is 329 g/mol. The zero-order valence-corrected chi connectivity index (χ0v) is 14.6. The van der Waals surface area contributed by atoms with Gasteiger partial charge in [0, 0.05) is 45.3 Å². The standard InChI is InChI=1S/C17H23N5O2/c1-12-7-14(20(2)3)8-15(19-12)16-11-22(5-6-24-16)17(23)13-9-18-21(4)10-13/h7-10,16H,5-6,11H2,1-4H3/t16-/m1/s1. The number of rotatable bonds is 3. The number of ether oxygens (including phenoxy) is 1. The Kier molecular flexibility index (Phi) is 4.53. The molecule has 0 unspecified atom stereocenters. The summed E-state index contributed by atoms with van der Waals surface area (Å²) in [6.07, 6.45) is 3.13. The Morgan fingerprint density at radius 3 is 2.83 bits per heavy atom. The molecule has 0 radical (unpaired) electrons. The fraction of sp³-hybridized carbons (Fsp3) is 0.471. The smallest absolute Gasteiger partial charge is 0.257 e. The van der Waals surface area contributed by atoms with Crippen LogP contribution < -0.4 is 4.90 Å². The van der Waals surface area contributed by atoms with Crippen LogP contribution in [0.25, 0.3) is 0 Å². The summed E-state index contributed by atoms with van der Waals surface area (Å²) in [4.78, 5) is 21.1. The molecule has 1 fully saturated rings. The Labute approximate surface area is 141 Å². The van der Waals surface area contributed by atoms with Gasteiger partial charge in [-0.05, 0) is 19.1 Å². The van der Waals surface area contributed by atoms with Crippen molar-refractivity contribution < 1.29 is 9.53 Å². The SMILES string of the molecule is Cc1cc(N(C)C)cc([C@H]2CN(C(=O)c3cnn(C)c3)CCO2)n1. The fourth-order valence-corrected chi connectivity index (χ4v) is 2.83. The molecule has 0 bridgehead atoms. The van der Waals surface area contributed by atoms with E-state index in [0.717, 1.165) is 17.1 Å². The molecule has 1 saturated heterocycles. The maximum Gasteiger partial charge on any atom is 0.257 e. The van der Waals surface area contributed by atoms with Gasteiger partial charge in [-0.1, -0.05) is 0 Å². The van der Waals surface area contributed by atoms with Gasteiger partial charge in [-0.3, -0.25) is 14.5 Å². The van der Waals surface area contributed by atoms with Crippen molar-refractivity contribution in [3.05, 3.63) is 41.5 Å². The molecule has 24 heavy (non-hydrogen) atoms. The minimum atomic E-state index is -0.210. The lowest BCUT2D eigenvalue weighted by Crippen LogP contribution is -2.42. The lowest BCUT2D eigenvalue weighted by molar-refractivity contribution is -0.0247. The number of aryl methyl sites for hydroxylation is 2. The van der Waals surface area contributed by atoms with Crippen molar-refractivity contribution in [2.45, 2.75) is 13.0 Å². The summed E-state index contributed by atoms with van der Waals surface area (Å²) >= 11 is 0. The van der Waals surface area contributed by atoms with Gasteiger partial charge in [0.05, 0.1) is 30.6 Å². The van der Waals surface area contributed by atoms with Gasteiger partial charge in [0.25, 0.3) is 5.91 Å². The summed E-state index contributed by atoms with van der Waals surface area (Å²) in [6.45, 7) is 3.55. The second kappa shape index (κ2) is 6.60. The number of hydrogen-bond acceptors (Lipinski definition) is 5. The van der Waals surface area contributed by atoms with E-state index in [0.29, 0.717) is 25.3 Å². The Hall–Kier alpha value is -2.41. The summed E-state index contributed by atoms with van der Waals surface area (Å²) in [5.74, 6) is -0.0168. The highest BCUT2D eigenvalue weighted by Gasteiger charge is 2.28. The lowest BCUT2D eigenvalue weighted by atomic mass is 10.1. The molecule has 3 heterocycles. The highest BCUT2D eigenvalue weighted by molar-refractivity contribution is 5.93. The number of nitrogens with zero attached hydrogens (tertiary/aromatic N) is 5. The second-order valence-corrected chi connectivity index (χ2v) is 6.30. The molecule has 1 aliphatic heterocycles. The first-order valence-corrected chi connectivity index (χ1v) is 7.99. The highest BCUT2D eigenvalue weighted by Crippen LogP contribution is 2.25. The van der Waals surface area contributed by atoms with Crippen molar-refractivity contribution in [3.8, 4) is 0 Å². The predicted octanol–water partition coefficient (Wildman–Crippen LogP) is 1.40. The van der Waals surface area contributed by atoms with E-state index >= 15 is 0 Å². The Bertz CT molecular complexity index is 740. The molecule has 1 atom stereocenters. The highest BCUT2D eigenvalue weighted by atomic mass is 16.5. The summed E-state index contributed by atoms with van der Waals surface area (Å²) in [5.41, 5.74) is 3.49. The van der Waals surface area contributed by atoms with Crippen molar-refractivity contribution in [2.24, 2.45) is 7.05 Å². The van der Waals surface area contributed by atoms with Gasteiger partial charge in [-0.2, -0.15) is 5.10 Å². The zero-order valence-electron chi connectivity index (χ0n) is 14.6. The van der Waals surface area contributed by atoms with Gasteiger partial charge < -0.3 is 14.5 Å². The third-order valence-electron chi connectivity index (χ3n) is 4.11. The van der Waals surface area contributed by atoms with Crippen LogP contribution in [0.5, 0.6) is 0 Å². The van der Waals surface area contributed by atoms with Crippen LogP contribution in [0.4, 0.5) is 5.69 Å². The number of amides is 1. The first-order valence-electron chi connectivity index (χ1n) is 7.99. The van der Waals surface area contributed by atoms with Crippen LogP contribution in [0.3, 0.4) is 0 Å². The van der Waals surface area contributed by atoms with Crippen LogP contribution in [0.1, 0.15) is 27.8 Å². The molecule has 0 saturated carbocycles. The third kappa shape index (κ3) is 3.41. The van der Waals surface area contributed by atoms with Crippen LogP contribution in [0.15, 0.2) is 24.5 Å². The molecular formula is C17H23N5O2. The van der Waals surface area contributed by atoms with E-state index in [1.807, 2.05) is 43.0 Å². The molecule has 0 aliphatic carbocycles. The number of aromatic nitrogens is 3. The van der Waals surface area contributed by atoms with E-state index in [9.17, 15) is 4.79 Å². The van der Waals surface area contributed by atoms with Crippen LogP contribution in [0, 0.1) is 6.92 Å². The fourth-order valence-electron chi connectivity index (χ4n) is 2.83. The van der Waals surface area contributed by atoms with E-state index < -0.39 is 0 Å². The van der Waals surface area contributed by atoms with Gasteiger partial charge in [-0.15, -0.1) is 0 Å². The lowest BCUT2D eigenvalue weighted by Gasteiger charge is -2.33. The molecule has 128 valence electrons. The quantitative estimate of drug-likeness (QED) is 0.852. The number of hydrogen-bond donors (Lipinski definition) is 0. The molecule has 1 aliphatic rings. The number of pyridine rings is 1. The Balaban J connectivity index is 1.79. The Morgan fingerprint density at radius 2 is 2.17 bits per heavy atom. The molecule has 7 nitrogen and oxygen atoms in total. The van der Waals surface area contributed by atoms with E-state index in [-0.39, 0.29) is 12.0 Å². The van der Waals surface area contributed by atoms with E-state index in [1.54, 1.807) is 24.1 Å². The molecule has 2 aromatic rings. The van der Waals surface area contributed by atoms with Crippen LogP contribution >= 0.6 is 0 Å². The number of carbonyl (C=O) groups is 1. The van der Waals surface area contributed by atoms with E-state index in [4.69, 9.17) is 4.74 Å². The van der Waals surface area contributed by atoms with Gasteiger partial charge in [0.1, 0.15) is 6.10 Å². The maximum absolute atomic E-state index is 12.6. The predicted molar refractivity (Wildman–Crippen MR) is 91.1 cm³/mol. The Morgan fingerprint density at radius 1 is 1.38 bits per heavy atom. The van der Waals surface area contributed by atoms with Crippen LogP contribution in [-0.4, -0.2) is 59.4 Å². The normalized spacial score (nSPS) is 17.8. The average molecular weight is 329 g/mol. The minimum Gasteiger partial charge on any atom is -0.378 e. The molecule has 0 spiro atoms. The molecule has 1 amide bonds. The van der Waals surface area contributed by atoms with Gasteiger partial charge in [0.2, 0.25) is 0 Å². The molecular weight excluding hydrogens is 306 g/mol. The molecule has 2 aromatic heterocycles. The second-order valence-electron chi connectivity index (χ2n) is 6.30. The molecule has 0 aromatic carbocycles. The van der Waals surface area contributed by atoms with Gasteiger partial charge in [0.15, 0.2) is 0 Å². The van der Waals surface area contributed by atoms with Crippen molar-refractivity contribution >= 4 is 11.6 Å². The summed E-state index contributed by atoms with van der Waals surface area (Å²) in [6, 6.07) is 4.06. The van der Waals surface area contributed by atoms with E-state index in [2.05, 4.69) is 10.1 Å². The summed E-state index contributed by atoms with van der Waals surface area (Å²) in [5, 5.41) is 4.07. The van der Waals surface area contributed by atoms with Crippen molar-refractivity contribution in [3.63, 3.8) is 0 Å². The number of morpholine rings is 1. The largest absolute Gasteiger partial charge is 0.378 e. The number of carbonyl (C=O) groups excluding carboxylic acids is 1. The minimum absolute atomic E-state index is 0.0168. The van der Waals surface area contributed by atoms with Crippen molar-refractivity contribution in [1.82, 2.24) is 19.7 Å². The summed E-state index contributed by atoms with van der Waals surface area (Å²) < 4.78 is 7.52. The summed E-state index contributed by atoms with van der Waals surface area (Å²) in [7, 11) is 5.80. The number of anilines is 1. The maximum atomic E-state index is 12.6. The zero-order chi connectivity index (χ0) is 17.3. The first kappa shape index (κ1) is 16.4. The molecule has 0 N–H and O–H groups in total. The van der Waals surface area contributed by atoms with Crippen molar-refractivity contribution in [2.75, 3.05) is 38.7 Å². The van der Waals surface area contributed by atoms with Crippen LogP contribution in [-0.2, 0) is 11.8 Å². The van der Waals surface area contributed by atoms with Crippen molar-refractivity contribution in [1.29, 1.82) is 0 Å².